The summed E-state index contributed by atoms with van der Waals surface area (Å²) in [5, 5.41) is 11.8. The van der Waals surface area contributed by atoms with E-state index in [9.17, 15) is 8.96 Å². The number of rotatable bonds is 15. The highest BCUT2D eigenvalue weighted by Gasteiger charge is 2.22. The lowest BCUT2D eigenvalue weighted by Crippen LogP contribution is -2.15. The molecule has 7 nitrogen and oxygen atoms in total. The monoisotopic (exact) mass is 555 g/mol. The number of benzene rings is 2. The van der Waals surface area contributed by atoms with Gasteiger partial charge in [0.25, 0.3) is 5.22 Å². The van der Waals surface area contributed by atoms with E-state index in [1.807, 2.05) is 24.3 Å². The maximum atomic E-state index is 14.8. The molecule has 3 N–H and O–H groups in total. The molecule has 0 aliphatic rings. The summed E-state index contributed by atoms with van der Waals surface area (Å²) in [6.07, 6.45) is 5.36. The normalized spacial score (nSPS) is 12.7. The summed E-state index contributed by atoms with van der Waals surface area (Å²) in [5.41, 5.74) is 2.34. The Bertz CT molecular complexity index is 1140. The van der Waals surface area contributed by atoms with Crippen LogP contribution in [0, 0.1) is 5.82 Å². The zero-order valence-electron chi connectivity index (χ0n) is 20.2. The molecule has 0 amide bonds. The molecule has 0 radical (unpaired) electrons. The molecule has 0 saturated carbocycles. The van der Waals surface area contributed by atoms with Crippen molar-refractivity contribution in [1.29, 1.82) is 0 Å². The first-order valence-corrected chi connectivity index (χ1v) is 15.1. The number of nitrogens with zero attached hydrogens (tertiary/aromatic N) is 2. The largest absolute Gasteiger partial charge is 0.411 e. The number of hydrogen-bond donors (Lipinski definition) is 3. The van der Waals surface area contributed by atoms with E-state index in [4.69, 9.17) is 25.8 Å². The fourth-order valence-corrected chi connectivity index (χ4v) is 5.51. The van der Waals surface area contributed by atoms with Crippen LogP contribution in [0.15, 0.2) is 52.1 Å². The van der Waals surface area contributed by atoms with Crippen molar-refractivity contribution in [2.24, 2.45) is 0 Å². The summed E-state index contributed by atoms with van der Waals surface area (Å²) in [6.45, 7) is 3.25. The van der Waals surface area contributed by atoms with E-state index in [0.29, 0.717) is 36.2 Å². The third kappa shape index (κ3) is 9.29. The fourth-order valence-electron chi connectivity index (χ4n) is 3.71. The Hall–Kier alpha value is -1.74. The van der Waals surface area contributed by atoms with Gasteiger partial charge in [-0.05, 0) is 43.1 Å². The van der Waals surface area contributed by atoms with Crippen LogP contribution in [-0.2, 0) is 11.1 Å². The van der Waals surface area contributed by atoms with Gasteiger partial charge in [0.1, 0.15) is 5.82 Å². The molecule has 36 heavy (non-hydrogen) atoms. The summed E-state index contributed by atoms with van der Waals surface area (Å²) in [7, 11) is -3.95. The summed E-state index contributed by atoms with van der Waals surface area (Å²) < 4.78 is 31.6. The van der Waals surface area contributed by atoms with Crippen LogP contribution in [0.1, 0.15) is 61.8 Å². The second-order valence-corrected chi connectivity index (χ2v) is 11.9. The molecule has 1 aromatic heterocycles. The maximum Gasteiger partial charge on any atom is 0.325 e. The first-order chi connectivity index (χ1) is 17.3. The minimum absolute atomic E-state index is 0.106. The van der Waals surface area contributed by atoms with Gasteiger partial charge in [-0.15, -0.1) is 10.2 Å². The highest BCUT2D eigenvalue weighted by molar-refractivity contribution is 7.99. The van der Waals surface area contributed by atoms with Crippen LogP contribution in [0.2, 0.25) is 5.02 Å². The molecule has 1 atom stereocenters. The van der Waals surface area contributed by atoms with E-state index in [1.54, 1.807) is 18.2 Å². The lowest BCUT2D eigenvalue weighted by molar-refractivity contribution is 0.371. The molecule has 2 aromatic carbocycles. The third-order valence-electron chi connectivity index (χ3n) is 5.63. The smallest absolute Gasteiger partial charge is 0.325 e. The van der Waals surface area contributed by atoms with Gasteiger partial charge in [-0.1, -0.05) is 80.2 Å². The number of thioether (sulfide) groups is 1. The average molecular weight is 556 g/mol. The van der Waals surface area contributed by atoms with Crippen molar-refractivity contribution in [1.82, 2.24) is 15.5 Å². The lowest BCUT2D eigenvalue weighted by Gasteiger charge is -2.16. The van der Waals surface area contributed by atoms with Crippen molar-refractivity contribution >= 4 is 31.0 Å². The standard InChI is InChI=1S/C25H32ClFN3O4PS/c1-2-3-4-5-10-22(20-8-6-9-21(26)23(20)27)36-25-30-29-24(34-25)19-13-11-18(12-14-19)17-28-15-7-16-35(31,32)33/h6,8-9,11-14,22,28H,2-5,7,10,15-17H2,1H3,(H2,31,32,33). The molecule has 0 aliphatic carbocycles. The molecule has 0 saturated heterocycles. The predicted molar refractivity (Wildman–Crippen MR) is 142 cm³/mol. The van der Waals surface area contributed by atoms with Crippen molar-refractivity contribution in [3.8, 4) is 11.5 Å². The van der Waals surface area contributed by atoms with Crippen LogP contribution in [0.25, 0.3) is 11.5 Å². The molecule has 0 spiro atoms. The van der Waals surface area contributed by atoms with Crippen LogP contribution in [0.5, 0.6) is 0 Å². The topological polar surface area (TPSA) is 108 Å². The van der Waals surface area contributed by atoms with E-state index in [1.165, 1.54) is 11.8 Å². The Morgan fingerprint density at radius 3 is 2.61 bits per heavy atom. The van der Waals surface area contributed by atoms with Gasteiger partial charge >= 0.3 is 7.60 Å². The third-order valence-corrected chi connectivity index (χ3v) is 7.96. The molecule has 196 valence electrons. The number of hydrogen-bond acceptors (Lipinski definition) is 6. The van der Waals surface area contributed by atoms with E-state index in [2.05, 4.69) is 22.4 Å². The van der Waals surface area contributed by atoms with Gasteiger partial charge in [-0.3, -0.25) is 4.57 Å². The quantitative estimate of drug-likeness (QED) is 0.105. The Morgan fingerprint density at radius 1 is 1.11 bits per heavy atom. The number of halogens is 2. The van der Waals surface area contributed by atoms with Crippen LogP contribution in [0.4, 0.5) is 4.39 Å². The van der Waals surface area contributed by atoms with E-state index >= 15 is 0 Å². The first-order valence-electron chi connectivity index (χ1n) is 12.1. The van der Waals surface area contributed by atoms with Crippen LogP contribution in [-0.4, -0.2) is 32.7 Å². The van der Waals surface area contributed by atoms with Crippen LogP contribution in [0.3, 0.4) is 0 Å². The van der Waals surface area contributed by atoms with Gasteiger partial charge in [-0.2, -0.15) is 0 Å². The zero-order chi connectivity index (χ0) is 26.0. The van der Waals surface area contributed by atoms with Gasteiger partial charge in [0, 0.05) is 22.9 Å². The summed E-state index contributed by atoms with van der Waals surface area (Å²) in [4.78, 5) is 17.8. The van der Waals surface area contributed by atoms with Crippen molar-refractivity contribution in [3.63, 3.8) is 0 Å². The molecule has 0 fully saturated rings. The fraction of sp³-hybridized carbons (Fsp3) is 0.440. The highest BCUT2D eigenvalue weighted by atomic mass is 35.5. The Kier molecular flexibility index (Phi) is 11.4. The Balaban J connectivity index is 1.61. The zero-order valence-corrected chi connectivity index (χ0v) is 22.7. The van der Waals surface area contributed by atoms with Crippen molar-refractivity contribution in [2.45, 2.75) is 62.5 Å². The second-order valence-electron chi connectivity index (χ2n) is 8.59. The molecule has 0 bridgehead atoms. The van der Waals surface area contributed by atoms with Crippen LogP contribution < -0.4 is 5.32 Å². The molecule has 1 unspecified atom stereocenters. The van der Waals surface area contributed by atoms with Gasteiger partial charge in [0.2, 0.25) is 5.89 Å². The minimum Gasteiger partial charge on any atom is -0.411 e. The summed E-state index contributed by atoms with van der Waals surface area (Å²) in [5.74, 6) is -0.0206. The first kappa shape index (κ1) is 28.8. The molecule has 3 aromatic rings. The number of unbranched alkanes of at least 4 members (excludes halogenated alkanes) is 3. The SMILES string of the molecule is CCCCCCC(Sc1nnc(-c2ccc(CNCCCP(=O)(O)O)cc2)o1)c1cccc(Cl)c1F. The average Bonchev–Trinajstić information content (AvgIpc) is 3.31. The molecular weight excluding hydrogens is 524 g/mol. The van der Waals surface area contributed by atoms with Crippen LogP contribution >= 0.6 is 31.0 Å². The minimum atomic E-state index is -3.95. The Morgan fingerprint density at radius 2 is 1.89 bits per heavy atom. The van der Waals surface area contributed by atoms with E-state index in [0.717, 1.165) is 43.2 Å². The molecule has 3 rings (SSSR count). The number of aromatic nitrogens is 2. The van der Waals surface area contributed by atoms with Crippen molar-refractivity contribution in [3.05, 3.63) is 64.4 Å². The summed E-state index contributed by atoms with van der Waals surface area (Å²) in [6, 6.07) is 12.7. The van der Waals surface area contributed by atoms with E-state index < -0.39 is 13.4 Å². The van der Waals surface area contributed by atoms with Gasteiger partial charge < -0.3 is 19.5 Å². The lowest BCUT2D eigenvalue weighted by atomic mass is 10.0. The van der Waals surface area contributed by atoms with Crippen molar-refractivity contribution < 1.29 is 23.2 Å². The maximum absolute atomic E-state index is 14.8. The highest BCUT2D eigenvalue weighted by Crippen LogP contribution is 2.41. The van der Waals surface area contributed by atoms with E-state index in [-0.39, 0.29) is 16.4 Å². The molecular formula is C25H32ClFN3O4PS. The molecule has 1 heterocycles. The van der Waals surface area contributed by atoms with Gasteiger partial charge in [0.15, 0.2) is 0 Å². The Labute approximate surface area is 220 Å². The second kappa shape index (κ2) is 14.3. The predicted octanol–water partition coefficient (Wildman–Crippen LogP) is 6.99. The number of nitrogens with one attached hydrogen (secondary N) is 1. The van der Waals surface area contributed by atoms with Crippen molar-refractivity contribution in [2.75, 3.05) is 12.7 Å². The molecule has 0 aliphatic heterocycles. The van der Waals surface area contributed by atoms with Gasteiger partial charge in [-0.25, -0.2) is 4.39 Å². The van der Waals surface area contributed by atoms with Gasteiger partial charge in [0.05, 0.1) is 11.2 Å². The summed E-state index contributed by atoms with van der Waals surface area (Å²) >= 11 is 7.39. The molecule has 11 heteroatoms.